The molecule has 20 heavy (non-hydrogen) atoms. The van der Waals surface area contributed by atoms with Crippen molar-refractivity contribution < 1.29 is 4.79 Å². The van der Waals surface area contributed by atoms with Crippen LogP contribution in [0.5, 0.6) is 0 Å². The number of hydrogen-bond donors (Lipinski definition) is 1. The van der Waals surface area contributed by atoms with Gasteiger partial charge in [-0.15, -0.1) is 21.5 Å². The number of amides is 1. The van der Waals surface area contributed by atoms with E-state index < -0.39 is 0 Å². The van der Waals surface area contributed by atoms with E-state index in [2.05, 4.69) is 20.1 Å². The lowest BCUT2D eigenvalue weighted by atomic mass is 10.3. The van der Waals surface area contributed by atoms with Crippen molar-refractivity contribution in [2.75, 3.05) is 0 Å². The fourth-order valence-electron chi connectivity index (χ4n) is 2.19. The van der Waals surface area contributed by atoms with Gasteiger partial charge < -0.3 is 9.88 Å². The first-order valence-electron chi connectivity index (χ1n) is 6.55. The molecule has 106 valence electrons. The number of aryl methyl sites for hydroxylation is 1. The van der Waals surface area contributed by atoms with Crippen LogP contribution >= 0.6 is 22.9 Å². The molecule has 2 aromatic heterocycles. The Bertz CT molecular complexity index is 632. The molecule has 0 atom stereocenters. The van der Waals surface area contributed by atoms with Gasteiger partial charge in [0.05, 0.1) is 17.3 Å². The predicted octanol–water partition coefficient (Wildman–Crippen LogP) is 2.50. The van der Waals surface area contributed by atoms with Gasteiger partial charge in [0.25, 0.3) is 0 Å². The van der Waals surface area contributed by atoms with Crippen molar-refractivity contribution in [1.82, 2.24) is 20.1 Å². The summed E-state index contributed by atoms with van der Waals surface area (Å²) >= 11 is 7.28. The van der Waals surface area contributed by atoms with Gasteiger partial charge in [-0.1, -0.05) is 11.6 Å². The minimum atomic E-state index is -0.0217. The number of nitrogens with one attached hydrogen (secondary N) is 1. The molecule has 1 saturated carbocycles. The van der Waals surface area contributed by atoms with Crippen LogP contribution in [0, 0.1) is 6.92 Å². The second-order valence-electron chi connectivity index (χ2n) is 4.92. The van der Waals surface area contributed by atoms with Gasteiger partial charge >= 0.3 is 0 Å². The Labute approximate surface area is 126 Å². The van der Waals surface area contributed by atoms with Crippen LogP contribution in [-0.2, 0) is 17.8 Å². The Kier molecular flexibility index (Phi) is 3.76. The minimum absolute atomic E-state index is 0.0217. The summed E-state index contributed by atoms with van der Waals surface area (Å²) in [5.74, 6) is 1.73. The van der Waals surface area contributed by atoms with E-state index in [1.807, 2.05) is 19.1 Å². The summed E-state index contributed by atoms with van der Waals surface area (Å²) in [5.41, 5.74) is 0. The van der Waals surface area contributed by atoms with Gasteiger partial charge in [-0.3, -0.25) is 4.79 Å². The maximum Gasteiger partial charge on any atom is 0.225 e. The van der Waals surface area contributed by atoms with Crippen molar-refractivity contribution >= 4 is 28.8 Å². The first kappa shape index (κ1) is 13.6. The first-order chi connectivity index (χ1) is 9.63. The number of halogens is 1. The number of thiophene rings is 1. The summed E-state index contributed by atoms with van der Waals surface area (Å²) in [6.45, 7) is 2.37. The van der Waals surface area contributed by atoms with E-state index in [-0.39, 0.29) is 5.91 Å². The molecule has 2 aromatic rings. The first-order valence-corrected chi connectivity index (χ1v) is 7.74. The largest absolute Gasteiger partial charge is 0.348 e. The topological polar surface area (TPSA) is 59.8 Å². The van der Waals surface area contributed by atoms with Crippen molar-refractivity contribution in [2.24, 2.45) is 0 Å². The number of carbonyl (C=O) groups excluding carboxylic acids is 1. The third-order valence-electron chi connectivity index (χ3n) is 3.26. The summed E-state index contributed by atoms with van der Waals surface area (Å²) in [6, 6.07) is 4.21. The highest BCUT2D eigenvalue weighted by atomic mass is 35.5. The third-order valence-corrected chi connectivity index (χ3v) is 4.49. The zero-order valence-corrected chi connectivity index (χ0v) is 12.7. The average Bonchev–Trinajstić information content (AvgIpc) is 3.06. The Balaban J connectivity index is 1.58. The maximum atomic E-state index is 11.9. The number of hydrogen-bond acceptors (Lipinski definition) is 4. The van der Waals surface area contributed by atoms with E-state index in [9.17, 15) is 4.79 Å². The van der Waals surface area contributed by atoms with Crippen molar-refractivity contribution in [3.05, 3.63) is 33.0 Å². The van der Waals surface area contributed by atoms with Crippen LogP contribution in [0.3, 0.4) is 0 Å². The lowest BCUT2D eigenvalue weighted by molar-refractivity contribution is -0.120. The molecule has 1 fully saturated rings. The second-order valence-corrected chi connectivity index (χ2v) is 6.72. The Morgan fingerprint density at radius 2 is 2.30 bits per heavy atom. The zero-order chi connectivity index (χ0) is 14.1. The van der Waals surface area contributed by atoms with Crippen molar-refractivity contribution in [3.8, 4) is 0 Å². The van der Waals surface area contributed by atoms with E-state index in [0.717, 1.165) is 16.5 Å². The molecule has 0 bridgehead atoms. The highest BCUT2D eigenvalue weighted by molar-refractivity contribution is 7.16. The van der Waals surface area contributed by atoms with Gasteiger partial charge in [-0.25, -0.2) is 0 Å². The Morgan fingerprint density at radius 1 is 1.50 bits per heavy atom. The molecule has 5 nitrogen and oxygen atoms in total. The summed E-state index contributed by atoms with van der Waals surface area (Å²) in [6.07, 6.45) is 2.70. The fourth-order valence-corrected chi connectivity index (χ4v) is 3.27. The van der Waals surface area contributed by atoms with Crippen LogP contribution in [0.1, 0.15) is 35.4 Å². The smallest absolute Gasteiger partial charge is 0.225 e. The zero-order valence-electron chi connectivity index (χ0n) is 11.1. The molecule has 7 heteroatoms. The van der Waals surface area contributed by atoms with Crippen LogP contribution in [0.4, 0.5) is 0 Å². The maximum absolute atomic E-state index is 11.9. The predicted molar refractivity (Wildman–Crippen MR) is 77.9 cm³/mol. The van der Waals surface area contributed by atoms with Crippen LogP contribution < -0.4 is 5.32 Å². The quantitative estimate of drug-likeness (QED) is 0.923. The van der Waals surface area contributed by atoms with Gasteiger partial charge in [0.1, 0.15) is 5.82 Å². The molecule has 0 aliphatic heterocycles. The summed E-state index contributed by atoms with van der Waals surface area (Å²) < 4.78 is 2.83. The molecule has 2 heterocycles. The molecule has 1 N–H and O–H groups in total. The fraction of sp³-hybridized carbons (Fsp3) is 0.462. The van der Waals surface area contributed by atoms with E-state index in [1.54, 1.807) is 0 Å². The SMILES string of the molecule is Cc1nnc(CNC(=O)Cc2ccc(Cl)s2)n1C1CC1. The van der Waals surface area contributed by atoms with E-state index in [4.69, 9.17) is 11.6 Å². The molecule has 3 rings (SSSR count). The van der Waals surface area contributed by atoms with Crippen LogP contribution in [0.2, 0.25) is 4.34 Å². The molecule has 0 radical (unpaired) electrons. The molecular formula is C13H15ClN4OS. The molecule has 1 amide bonds. The summed E-state index contributed by atoms with van der Waals surface area (Å²) in [5, 5.41) is 11.1. The molecule has 0 saturated heterocycles. The van der Waals surface area contributed by atoms with E-state index in [1.165, 1.54) is 24.2 Å². The molecule has 1 aliphatic rings. The van der Waals surface area contributed by atoms with E-state index in [0.29, 0.717) is 23.3 Å². The number of nitrogens with zero attached hydrogens (tertiary/aromatic N) is 3. The molecule has 1 aliphatic carbocycles. The third kappa shape index (κ3) is 3.02. The van der Waals surface area contributed by atoms with Crippen LogP contribution in [0.15, 0.2) is 12.1 Å². The normalized spacial score (nSPS) is 14.5. The standard InChI is InChI=1S/C13H15ClN4OS/c1-8-16-17-12(18(8)9-2-3-9)7-15-13(19)6-10-4-5-11(14)20-10/h4-5,9H,2-3,6-7H2,1H3,(H,15,19). The van der Waals surface area contributed by atoms with Crippen molar-refractivity contribution in [3.63, 3.8) is 0 Å². The lowest BCUT2D eigenvalue weighted by Gasteiger charge is -2.07. The second kappa shape index (κ2) is 5.54. The Morgan fingerprint density at radius 3 is 2.95 bits per heavy atom. The number of aromatic nitrogens is 3. The molecule has 0 aromatic carbocycles. The summed E-state index contributed by atoms with van der Waals surface area (Å²) in [7, 11) is 0. The lowest BCUT2D eigenvalue weighted by Crippen LogP contribution is -2.26. The Hall–Kier alpha value is -1.40. The molecule has 0 unspecified atom stereocenters. The van der Waals surface area contributed by atoms with Crippen molar-refractivity contribution in [2.45, 2.75) is 38.8 Å². The van der Waals surface area contributed by atoms with Gasteiger partial charge in [0.2, 0.25) is 5.91 Å². The van der Waals surface area contributed by atoms with Gasteiger partial charge in [0.15, 0.2) is 5.82 Å². The molecule has 0 spiro atoms. The van der Waals surface area contributed by atoms with E-state index >= 15 is 0 Å². The highest BCUT2D eigenvalue weighted by Crippen LogP contribution is 2.36. The van der Waals surface area contributed by atoms with Gasteiger partial charge in [-0.2, -0.15) is 0 Å². The molecular weight excluding hydrogens is 296 g/mol. The van der Waals surface area contributed by atoms with Gasteiger partial charge in [0, 0.05) is 10.9 Å². The van der Waals surface area contributed by atoms with Crippen LogP contribution in [0.25, 0.3) is 0 Å². The van der Waals surface area contributed by atoms with Gasteiger partial charge in [-0.05, 0) is 31.9 Å². The van der Waals surface area contributed by atoms with Crippen molar-refractivity contribution in [1.29, 1.82) is 0 Å². The number of carbonyl (C=O) groups is 1. The monoisotopic (exact) mass is 310 g/mol. The average molecular weight is 311 g/mol. The highest BCUT2D eigenvalue weighted by Gasteiger charge is 2.28. The number of rotatable bonds is 5. The minimum Gasteiger partial charge on any atom is -0.348 e. The summed E-state index contributed by atoms with van der Waals surface area (Å²) in [4.78, 5) is 12.9. The van der Waals surface area contributed by atoms with Crippen LogP contribution in [-0.4, -0.2) is 20.7 Å².